The fourth-order valence-electron chi connectivity index (χ4n) is 2.42. The molecule has 0 aliphatic carbocycles. The summed E-state index contributed by atoms with van der Waals surface area (Å²) >= 11 is -0.208. The number of rotatable bonds is 13. The van der Waals surface area contributed by atoms with Crippen LogP contribution in [0.2, 0.25) is 0 Å². The minimum atomic E-state index is -5.64. The van der Waals surface area contributed by atoms with Gasteiger partial charge < -0.3 is 0 Å². The molecular weight excluding hydrogens is 641 g/mol. The molecule has 0 amide bonds. The van der Waals surface area contributed by atoms with Gasteiger partial charge in [-0.3, -0.25) is 0 Å². The number of benzene rings is 2. The summed E-state index contributed by atoms with van der Waals surface area (Å²) in [6, 6.07) is 12.5. The first-order valence-electron chi connectivity index (χ1n) is 9.70. The normalized spacial score (nSPS) is 12.2. The number of carbonyl (C=O) groups excluding carboxylic acids is 1. The van der Waals surface area contributed by atoms with Crippen molar-refractivity contribution in [3.05, 3.63) is 55.7 Å². The first-order valence-corrected chi connectivity index (χ1v) is 15.3. The summed E-state index contributed by atoms with van der Waals surface area (Å²) < 4.78 is 74.9. The van der Waals surface area contributed by atoms with Crippen LogP contribution >= 0.6 is 36.2 Å². The van der Waals surface area contributed by atoms with Crippen LogP contribution in [0.15, 0.2) is 48.5 Å². The van der Waals surface area contributed by atoms with Gasteiger partial charge in [-0.15, -0.1) is 0 Å². The Morgan fingerprint density at radius 3 is 1.82 bits per heavy atom. The van der Waals surface area contributed by atoms with Gasteiger partial charge in [0.1, 0.15) is 0 Å². The Labute approximate surface area is 207 Å². The molecule has 2 rings (SSSR count). The summed E-state index contributed by atoms with van der Waals surface area (Å²) in [6.45, 7) is -0.309. The molecule has 0 aliphatic rings. The summed E-state index contributed by atoms with van der Waals surface area (Å²) in [5.74, 6) is -1.15. The van der Waals surface area contributed by atoms with Crippen molar-refractivity contribution in [2.45, 2.75) is 24.5 Å². The third-order valence-electron chi connectivity index (χ3n) is 4.20. The maximum absolute atomic E-state index is 14.6. The van der Waals surface area contributed by atoms with E-state index in [0.29, 0.717) is 31.5 Å². The van der Waals surface area contributed by atoms with Gasteiger partial charge in [0.2, 0.25) is 0 Å². The predicted octanol–water partition coefficient (Wildman–Crippen LogP) is 5.21. The van der Waals surface area contributed by atoms with Crippen molar-refractivity contribution in [1.29, 1.82) is 0 Å². The molecule has 2 aromatic rings. The van der Waals surface area contributed by atoms with E-state index in [-0.39, 0.29) is 6.61 Å². The molecule has 184 valence electrons. The van der Waals surface area contributed by atoms with Crippen LogP contribution in [0.3, 0.4) is 0 Å². The standard InChI is InChI=1S/C21H24BrF2IO7S/c1-29-18-10-6-16(7-11-18)25(17-8-12-19(30-2)13-9-17)32-33(27,28)21(23,24)20(26)31-15-5-3-4-14-22/h6-13H,3-5,14-15H2,1-2H3. The van der Waals surface area contributed by atoms with Crippen molar-refractivity contribution in [2.24, 2.45) is 0 Å². The summed E-state index contributed by atoms with van der Waals surface area (Å²) in [5.41, 5.74) is 0. The Morgan fingerprint density at radius 1 is 0.909 bits per heavy atom. The zero-order chi connectivity index (χ0) is 24.5. The quantitative estimate of drug-likeness (QED) is 0.126. The number of methoxy groups -OCH3 is 2. The zero-order valence-corrected chi connectivity index (χ0v) is 22.5. The van der Waals surface area contributed by atoms with E-state index in [1.165, 1.54) is 14.2 Å². The Hall–Kier alpha value is -1.51. The van der Waals surface area contributed by atoms with Gasteiger partial charge in [-0.2, -0.15) is 0 Å². The molecule has 0 bridgehead atoms. The number of unbranched alkanes of at least 4 members (excludes halogenated alkanes) is 2. The van der Waals surface area contributed by atoms with Gasteiger partial charge in [-0.05, 0) is 0 Å². The summed E-state index contributed by atoms with van der Waals surface area (Å²) in [6.07, 6.45) is 1.75. The van der Waals surface area contributed by atoms with Crippen LogP contribution in [0.1, 0.15) is 19.3 Å². The van der Waals surface area contributed by atoms with E-state index in [0.717, 1.165) is 11.8 Å². The van der Waals surface area contributed by atoms with Gasteiger partial charge in [-0.25, -0.2) is 0 Å². The van der Waals surface area contributed by atoms with Crippen molar-refractivity contribution < 1.29 is 38.7 Å². The number of esters is 1. The van der Waals surface area contributed by atoms with Gasteiger partial charge in [0.25, 0.3) is 0 Å². The number of hydrogen-bond acceptors (Lipinski definition) is 7. The van der Waals surface area contributed by atoms with E-state index >= 15 is 0 Å². The molecule has 33 heavy (non-hydrogen) atoms. The number of alkyl halides is 3. The topological polar surface area (TPSA) is 88.1 Å². The van der Waals surface area contributed by atoms with Crippen LogP contribution in [-0.4, -0.2) is 45.8 Å². The van der Waals surface area contributed by atoms with E-state index in [1.54, 1.807) is 48.5 Å². The van der Waals surface area contributed by atoms with Crippen LogP contribution in [0, 0.1) is 7.14 Å². The minimum absolute atomic E-state index is 0.309. The number of carbonyl (C=O) groups is 1. The molecule has 0 atom stereocenters. The van der Waals surface area contributed by atoms with Crippen molar-refractivity contribution in [3.63, 3.8) is 0 Å². The number of ether oxygens (including phenoxy) is 3. The second-order valence-corrected chi connectivity index (χ2v) is 13.8. The second-order valence-electron chi connectivity index (χ2n) is 6.48. The van der Waals surface area contributed by atoms with Crippen LogP contribution < -0.4 is 9.47 Å². The molecule has 0 heterocycles. The molecule has 0 aromatic heterocycles. The van der Waals surface area contributed by atoms with Gasteiger partial charge in [-0.1, -0.05) is 0 Å². The fourth-order valence-corrected chi connectivity index (χ4v) is 9.55. The van der Waals surface area contributed by atoms with Gasteiger partial charge in [0.15, 0.2) is 0 Å². The molecule has 7 nitrogen and oxygen atoms in total. The van der Waals surface area contributed by atoms with Crippen LogP contribution in [0.25, 0.3) is 0 Å². The number of hydrogen-bond donors (Lipinski definition) is 0. The molecule has 0 spiro atoms. The SMILES string of the molecule is COc1ccc(I(OS(=O)(=O)C(F)(F)C(=O)OCCCCCBr)c2ccc(OC)cc2)cc1. The Bertz CT molecular complexity index is 955. The van der Waals surface area contributed by atoms with E-state index < -0.39 is 41.6 Å². The Balaban J connectivity index is 2.29. The van der Waals surface area contributed by atoms with Crippen molar-refractivity contribution in [1.82, 2.24) is 0 Å². The van der Waals surface area contributed by atoms with E-state index in [9.17, 15) is 22.0 Å². The Kier molecular flexibility index (Phi) is 10.8. The van der Waals surface area contributed by atoms with Crippen molar-refractivity contribution >= 4 is 52.3 Å². The molecule has 0 saturated heterocycles. The summed E-state index contributed by atoms with van der Waals surface area (Å²) in [7, 11) is -2.72. The van der Waals surface area contributed by atoms with E-state index in [2.05, 4.69) is 20.7 Å². The van der Waals surface area contributed by atoms with E-state index in [4.69, 9.17) is 12.0 Å². The van der Waals surface area contributed by atoms with Crippen molar-refractivity contribution in [3.8, 4) is 11.5 Å². The van der Waals surface area contributed by atoms with Crippen molar-refractivity contribution in [2.75, 3.05) is 26.2 Å². The third kappa shape index (κ3) is 7.49. The van der Waals surface area contributed by atoms with Crippen LogP contribution in [0.4, 0.5) is 8.78 Å². The average molecular weight is 665 g/mol. The summed E-state index contributed by atoms with van der Waals surface area (Å²) in [4.78, 5) is 11.9. The second kappa shape index (κ2) is 12.8. The third-order valence-corrected chi connectivity index (χ3v) is 12.1. The fraction of sp³-hybridized carbons (Fsp3) is 0.381. The first-order chi connectivity index (χ1) is 15.7. The van der Waals surface area contributed by atoms with Gasteiger partial charge >= 0.3 is 209 Å². The molecule has 0 N–H and O–H groups in total. The molecule has 0 unspecified atom stereocenters. The maximum atomic E-state index is 14.6. The summed E-state index contributed by atoms with van der Waals surface area (Å²) in [5, 5.41) is -4.13. The zero-order valence-electron chi connectivity index (χ0n) is 17.9. The predicted molar refractivity (Wildman–Crippen MR) is 131 cm³/mol. The van der Waals surface area contributed by atoms with Gasteiger partial charge in [0, 0.05) is 0 Å². The number of halogens is 4. The Morgan fingerprint density at radius 2 is 1.39 bits per heavy atom. The van der Waals surface area contributed by atoms with Crippen LogP contribution in [-0.2, 0) is 22.2 Å². The first kappa shape index (κ1) is 27.7. The molecule has 12 heteroatoms. The van der Waals surface area contributed by atoms with Gasteiger partial charge in [0.05, 0.1) is 0 Å². The van der Waals surface area contributed by atoms with Crippen LogP contribution in [0.5, 0.6) is 11.5 Å². The molecule has 0 aliphatic heterocycles. The molecule has 2 aromatic carbocycles. The molecule has 0 saturated carbocycles. The molecular formula is C21H24BrF2IO7S. The molecule has 0 fully saturated rings. The average Bonchev–Trinajstić information content (AvgIpc) is 2.82. The monoisotopic (exact) mass is 664 g/mol. The molecule has 0 radical (unpaired) electrons. The van der Waals surface area contributed by atoms with E-state index in [1.807, 2.05) is 0 Å².